The van der Waals surface area contributed by atoms with Gasteiger partial charge in [-0.25, -0.2) is 0 Å². The van der Waals surface area contributed by atoms with Gasteiger partial charge in [0.05, 0.1) is 10.9 Å². The van der Waals surface area contributed by atoms with Gasteiger partial charge >= 0.3 is 0 Å². The lowest BCUT2D eigenvalue weighted by atomic mass is 9.77. The first kappa shape index (κ1) is 16.8. The minimum Gasteiger partial charge on any atom is -0.346 e. The minimum atomic E-state index is 0. The number of fused-ring (bicyclic) bond motifs is 3. The quantitative estimate of drug-likeness (QED) is 0.768. The average Bonchev–Trinajstić information content (AvgIpc) is 3.22. The number of thiophene rings is 1. The van der Waals surface area contributed by atoms with Crippen molar-refractivity contribution in [2.24, 2.45) is 5.92 Å². The fraction of sp³-hybridized carbons (Fsp3) is 0.500. The van der Waals surface area contributed by atoms with E-state index in [0.717, 1.165) is 14.7 Å². The van der Waals surface area contributed by atoms with Gasteiger partial charge in [-0.05, 0) is 68.3 Å². The zero-order valence-corrected chi connectivity index (χ0v) is 16.5. The molecule has 1 amide bonds. The molecule has 1 aromatic carbocycles. The van der Waals surface area contributed by atoms with Crippen LogP contribution in [0.15, 0.2) is 28.7 Å². The Morgan fingerprint density at radius 3 is 2.71 bits per heavy atom. The van der Waals surface area contributed by atoms with Crippen LogP contribution in [0.2, 0.25) is 0 Å². The zero-order chi connectivity index (χ0) is 15.6. The number of amides is 1. The van der Waals surface area contributed by atoms with Gasteiger partial charge in [-0.1, -0.05) is 22.0 Å². The van der Waals surface area contributed by atoms with E-state index in [4.69, 9.17) is 0 Å². The summed E-state index contributed by atoms with van der Waals surface area (Å²) in [5.41, 5.74) is 0.302. The molecule has 1 spiro atoms. The molecule has 1 N–H and O–H groups in total. The molecule has 4 heterocycles. The number of piperidine rings is 3. The topological polar surface area (TPSA) is 32.3 Å². The van der Waals surface area contributed by atoms with E-state index in [1.54, 1.807) is 11.3 Å². The van der Waals surface area contributed by atoms with E-state index in [9.17, 15) is 4.79 Å². The van der Waals surface area contributed by atoms with Crippen molar-refractivity contribution in [3.8, 4) is 0 Å². The van der Waals surface area contributed by atoms with Crippen LogP contribution in [0.25, 0.3) is 10.1 Å². The van der Waals surface area contributed by atoms with Crippen LogP contribution >= 0.6 is 39.7 Å². The third kappa shape index (κ3) is 2.52. The minimum absolute atomic E-state index is 0. The molecule has 128 valence electrons. The van der Waals surface area contributed by atoms with Gasteiger partial charge in [-0.15, -0.1) is 23.7 Å². The van der Waals surface area contributed by atoms with Crippen molar-refractivity contribution >= 4 is 55.7 Å². The smallest absolute Gasteiger partial charge is 0.261 e. The van der Waals surface area contributed by atoms with Crippen molar-refractivity contribution in [3.63, 3.8) is 0 Å². The molecule has 1 saturated carbocycles. The molecule has 2 bridgehead atoms. The van der Waals surface area contributed by atoms with Gasteiger partial charge in [0.1, 0.15) is 0 Å². The van der Waals surface area contributed by atoms with Gasteiger partial charge in [0.2, 0.25) is 0 Å². The first-order chi connectivity index (χ1) is 11.2. The second-order valence-corrected chi connectivity index (χ2v) is 9.17. The fourth-order valence-corrected chi connectivity index (χ4v) is 6.17. The zero-order valence-electron chi connectivity index (χ0n) is 13.3. The number of nitrogens with zero attached hydrogens (tertiary/aromatic N) is 1. The summed E-state index contributed by atoms with van der Waals surface area (Å²) < 4.78 is 2.23. The van der Waals surface area contributed by atoms with Crippen molar-refractivity contribution in [1.82, 2.24) is 10.2 Å². The van der Waals surface area contributed by atoms with Crippen LogP contribution in [0.5, 0.6) is 0 Å². The van der Waals surface area contributed by atoms with Crippen LogP contribution in [-0.4, -0.2) is 35.5 Å². The summed E-state index contributed by atoms with van der Waals surface area (Å²) in [5, 5.41) is 4.56. The van der Waals surface area contributed by atoms with Crippen LogP contribution in [-0.2, 0) is 0 Å². The Morgan fingerprint density at radius 1 is 1.25 bits per heavy atom. The Labute approximate surface area is 160 Å². The maximum absolute atomic E-state index is 12.8. The third-order valence-electron chi connectivity index (χ3n) is 5.97. The molecule has 3 nitrogen and oxygen atoms in total. The first-order valence-electron chi connectivity index (χ1n) is 8.41. The van der Waals surface area contributed by atoms with E-state index in [1.807, 2.05) is 12.1 Å². The van der Waals surface area contributed by atoms with E-state index in [-0.39, 0.29) is 18.3 Å². The van der Waals surface area contributed by atoms with Crippen LogP contribution in [0, 0.1) is 5.92 Å². The highest BCUT2D eigenvalue weighted by Crippen LogP contribution is 2.53. The lowest BCUT2D eigenvalue weighted by molar-refractivity contribution is -0.00138. The molecule has 3 saturated heterocycles. The third-order valence-corrected chi connectivity index (χ3v) is 7.56. The SMILES string of the molecule is Cl.O=C(N[C@@H]1C2CCN(CC2)C12CC2)c1cc2ccc(Br)cc2s1. The molecule has 2 aromatic rings. The number of hydrogen-bond donors (Lipinski definition) is 1. The normalized spacial score (nSPS) is 29.5. The van der Waals surface area contributed by atoms with Crippen molar-refractivity contribution in [3.05, 3.63) is 33.6 Å². The molecule has 6 heteroatoms. The molecule has 4 fully saturated rings. The van der Waals surface area contributed by atoms with Crippen LogP contribution < -0.4 is 5.32 Å². The summed E-state index contributed by atoms with van der Waals surface area (Å²) in [5.74, 6) is 0.794. The molecular weight excluding hydrogens is 408 g/mol. The number of nitrogens with one attached hydrogen (secondary N) is 1. The first-order valence-corrected chi connectivity index (χ1v) is 10.0. The molecule has 24 heavy (non-hydrogen) atoms. The maximum Gasteiger partial charge on any atom is 0.261 e. The maximum atomic E-state index is 12.8. The Balaban J connectivity index is 0.00000146. The summed E-state index contributed by atoms with van der Waals surface area (Å²) in [6.07, 6.45) is 5.00. The monoisotopic (exact) mass is 426 g/mol. The molecule has 0 unspecified atom stereocenters. The Hall–Kier alpha value is -0.620. The van der Waals surface area contributed by atoms with Gasteiger partial charge in [-0.2, -0.15) is 0 Å². The molecule has 4 aliphatic rings. The van der Waals surface area contributed by atoms with Gasteiger partial charge in [0.15, 0.2) is 0 Å². The molecule has 6 rings (SSSR count). The summed E-state index contributed by atoms with van der Waals surface area (Å²) in [4.78, 5) is 16.3. The molecule has 3 aliphatic heterocycles. The van der Waals surface area contributed by atoms with Crippen molar-refractivity contribution in [1.29, 1.82) is 0 Å². The number of rotatable bonds is 2. The fourth-order valence-electron chi connectivity index (χ4n) is 4.65. The Bertz CT molecular complexity index is 795. The number of hydrogen-bond acceptors (Lipinski definition) is 3. The van der Waals surface area contributed by atoms with E-state index in [1.165, 1.54) is 43.5 Å². The van der Waals surface area contributed by atoms with E-state index < -0.39 is 0 Å². The predicted octanol–water partition coefficient (Wildman–Crippen LogP) is 4.44. The number of carbonyl (C=O) groups is 1. The summed E-state index contributed by atoms with van der Waals surface area (Å²) in [6, 6.07) is 8.58. The molecular formula is C18H20BrClN2OS. The highest BCUT2D eigenvalue weighted by Gasteiger charge is 2.60. The van der Waals surface area contributed by atoms with Crippen LogP contribution in [0.3, 0.4) is 0 Å². The second-order valence-electron chi connectivity index (χ2n) is 7.17. The van der Waals surface area contributed by atoms with Crippen LogP contribution in [0.1, 0.15) is 35.4 Å². The largest absolute Gasteiger partial charge is 0.346 e. The molecule has 1 atom stereocenters. The van der Waals surface area contributed by atoms with E-state index in [2.05, 4.69) is 38.3 Å². The molecule has 1 aromatic heterocycles. The Kier molecular flexibility index (Phi) is 4.19. The summed E-state index contributed by atoms with van der Waals surface area (Å²) in [6.45, 7) is 2.46. The summed E-state index contributed by atoms with van der Waals surface area (Å²) in [7, 11) is 0. The highest BCUT2D eigenvalue weighted by atomic mass is 79.9. The summed E-state index contributed by atoms with van der Waals surface area (Å²) >= 11 is 5.10. The highest BCUT2D eigenvalue weighted by molar-refractivity contribution is 9.10. The number of halogens is 2. The lowest BCUT2D eigenvalue weighted by Gasteiger charge is -2.52. The van der Waals surface area contributed by atoms with Crippen LogP contribution in [0.4, 0.5) is 0 Å². The van der Waals surface area contributed by atoms with Gasteiger partial charge < -0.3 is 5.32 Å². The lowest BCUT2D eigenvalue weighted by Crippen LogP contribution is -2.65. The Morgan fingerprint density at radius 2 is 2.00 bits per heavy atom. The number of benzene rings is 1. The molecule has 1 aliphatic carbocycles. The van der Waals surface area contributed by atoms with Gasteiger partial charge in [0, 0.05) is 14.7 Å². The van der Waals surface area contributed by atoms with Gasteiger partial charge in [0.25, 0.3) is 5.91 Å². The predicted molar refractivity (Wildman–Crippen MR) is 104 cm³/mol. The van der Waals surface area contributed by atoms with Crippen molar-refractivity contribution in [2.75, 3.05) is 13.1 Å². The second kappa shape index (κ2) is 5.97. The number of carbonyl (C=O) groups excluding carboxylic acids is 1. The molecule has 0 radical (unpaired) electrons. The van der Waals surface area contributed by atoms with E-state index >= 15 is 0 Å². The van der Waals surface area contributed by atoms with Crippen molar-refractivity contribution < 1.29 is 4.79 Å². The average molecular weight is 428 g/mol. The standard InChI is InChI=1S/C18H19BrN2OS.ClH/c19-13-2-1-12-9-15(23-14(12)10-13)17(22)20-16-11-3-7-21(8-4-11)18(16)5-6-18;/h1-2,9-11,16H,3-8H2,(H,20,22);1H/t16-;/m1./s1. The van der Waals surface area contributed by atoms with Crippen molar-refractivity contribution in [2.45, 2.75) is 37.3 Å². The van der Waals surface area contributed by atoms with E-state index in [0.29, 0.717) is 17.5 Å². The van der Waals surface area contributed by atoms with Gasteiger partial charge in [-0.3, -0.25) is 9.69 Å².